The Morgan fingerprint density at radius 3 is 2.16 bits per heavy atom. The van der Waals surface area contributed by atoms with E-state index in [1.807, 2.05) is 25.7 Å². The smallest absolute Gasteiger partial charge is 0.304 e. The summed E-state index contributed by atoms with van der Waals surface area (Å²) in [7, 11) is 0. The molecular weight excluding hydrogens is 246 g/mol. The molecule has 1 aromatic carbocycles. The lowest BCUT2D eigenvalue weighted by Gasteiger charge is -2.33. The van der Waals surface area contributed by atoms with E-state index < -0.39 is 5.97 Å². The average molecular weight is 267 g/mol. The molecule has 0 bridgehead atoms. The molecule has 106 valence electrons. The van der Waals surface area contributed by atoms with E-state index in [1.54, 1.807) is 6.07 Å². The number of aliphatic carboxylic acids is 1. The van der Waals surface area contributed by atoms with Gasteiger partial charge in [0.1, 0.15) is 11.5 Å². The second kappa shape index (κ2) is 6.43. The number of aromatic hydroxyl groups is 2. The maximum absolute atomic E-state index is 10.7. The highest BCUT2D eigenvalue weighted by Gasteiger charge is 2.24. The van der Waals surface area contributed by atoms with Gasteiger partial charge in [0.2, 0.25) is 0 Å². The van der Waals surface area contributed by atoms with Gasteiger partial charge in [-0.15, -0.1) is 0 Å². The number of carboxylic acid groups (broad SMARTS) is 1. The Labute approximate surface area is 113 Å². The number of phenolic OH excluding ortho intramolecular Hbond substituents is 2. The molecule has 0 amide bonds. The van der Waals surface area contributed by atoms with Gasteiger partial charge >= 0.3 is 5.97 Å². The summed E-state index contributed by atoms with van der Waals surface area (Å²) in [5, 5.41) is 28.5. The summed E-state index contributed by atoms with van der Waals surface area (Å²) in [6, 6.07) is 4.44. The topological polar surface area (TPSA) is 81.0 Å². The van der Waals surface area contributed by atoms with Gasteiger partial charge in [0.25, 0.3) is 0 Å². The third-order valence-electron chi connectivity index (χ3n) is 3.22. The van der Waals surface area contributed by atoms with Gasteiger partial charge in [-0.1, -0.05) is 6.07 Å². The van der Waals surface area contributed by atoms with E-state index in [4.69, 9.17) is 5.11 Å². The summed E-state index contributed by atoms with van der Waals surface area (Å²) in [6.07, 6.45) is 0.0247. The molecule has 5 nitrogen and oxygen atoms in total. The summed E-state index contributed by atoms with van der Waals surface area (Å²) in [6.45, 7) is 6.11. The van der Waals surface area contributed by atoms with Crippen molar-refractivity contribution in [2.45, 2.75) is 39.3 Å². The molecule has 0 spiro atoms. The van der Waals surface area contributed by atoms with Crippen molar-refractivity contribution in [1.29, 1.82) is 0 Å². The van der Waals surface area contributed by atoms with Crippen LogP contribution in [0.4, 0.5) is 0 Å². The summed E-state index contributed by atoms with van der Waals surface area (Å²) >= 11 is 0. The van der Waals surface area contributed by atoms with E-state index >= 15 is 0 Å². The zero-order valence-corrected chi connectivity index (χ0v) is 11.5. The predicted octanol–water partition coefficient (Wildman–Crippen LogP) is 2.34. The minimum Gasteiger partial charge on any atom is -0.507 e. The Balaban J connectivity index is 2.99. The van der Waals surface area contributed by atoms with E-state index in [1.165, 1.54) is 12.1 Å². The second-order valence-electron chi connectivity index (χ2n) is 4.86. The van der Waals surface area contributed by atoms with Crippen LogP contribution in [-0.4, -0.2) is 38.8 Å². The van der Waals surface area contributed by atoms with E-state index in [9.17, 15) is 15.0 Å². The lowest BCUT2D eigenvalue weighted by molar-refractivity contribution is -0.137. The first-order valence-electron chi connectivity index (χ1n) is 6.33. The van der Waals surface area contributed by atoms with E-state index in [-0.39, 0.29) is 30.0 Å². The largest absolute Gasteiger partial charge is 0.507 e. The molecule has 0 radical (unpaired) electrons. The summed E-state index contributed by atoms with van der Waals surface area (Å²) in [5.74, 6) is -0.818. The minimum atomic E-state index is -0.862. The van der Waals surface area contributed by atoms with Gasteiger partial charge in [-0.2, -0.15) is 0 Å². The molecule has 3 N–H and O–H groups in total. The zero-order chi connectivity index (χ0) is 14.6. The fourth-order valence-electron chi connectivity index (χ4n) is 2.26. The number of phenols is 2. The average Bonchev–Trinajstić information content (AvgIpc) is 2.27. The van der Waals surface area contributed by atoms with Crippen LogP contribution in [-0.2, 0) is 4.79 Å². The molecular formula is C14H21NO4. The van der Waals surface area contributed by atoms with Crippen LogP contribution in [0, 0.1) is 0 Å². The van der Waals surface area contributed by atoms with Crippen molar-refractivity contribution in [2.75, 3.05) is 6.54 Å². The quantitative estimate of drug-likeness (QED) is 0.737. The highest BCUT2D eigenvalue weighted by Crippen LogP contribution is 2.36. The number of hydrogen-bond donors (Lipinski definition) is 3. The van der Waals surface area contributed by atoms with Gasteiger partial charge < -0.3 is 15.3 Å². The van der Waals surface area contributed by atoms with Gasteiger partial charge in [0.15, 0.2) is 0 Å². The number of carbonyl (C=O) groups is 1. The molecule has 1 atom stereocenters. The van der Waals surface area contributed by atoms with Crippen molar-refractivity contribution in [3.05, 3.63) is 23.8 Å². The van der Waals surface area contributed by atoms with Gasteiger partial charge in [-0.25, -0.2) is 0 Å². The summed E-state index contributed by atoms with van der Waals surface area (Å²) in [4.78, 5) is 12.6. The Kier molecular flexibility index (Phi) is 5.18. The molecule has 0 aliphatic rings. The van der Waals surface area contributed by atoms with Gasteiger partial charge in [-0.3, -0.25) is 9.69 Å². The van der Waals surface area contributed by atoms with Crippen molar-refractivity contribution in [3.63, 3.8) is 0 Å². The van der Waals surface area contributed by atoms with E-state index in [0.717, 1.165) is 0 Å². The number of benzene rings is 1. The molecule has 0 heterocycles. The Hall–Kier alpha value is -1.75. The fraction of sp³-hybridized carbons (Fsp3) is 0.500. The van der Waals surface area contributed by atoms with E-state index in [2.05, 4.69) is 0 Å². The first-order valence-corrected chi connectivity index (χ1v) is 6.33. The number of rotatable bonds is 6. The van der Waals surface area contributed by atoms with Crippen LogP contribution in [0.25, 0.3) is 0 Å². The van der Waals surface area contributed by atoms with Crippen LogP contribution in [0.1, 0.15) is 38.8 Å². The van der Waals surface area contributed by atoms with Crippen LogP contribution >= 0.6 is 0 Å². The molecule has 5 heteroatoms. The number of hydrogen-bond acceptors (Lipinski definition) is 4. The molecule has 0 aliphatic carbocycles. The molecule has 0 aliphatic heterocycles. The van der Waals surface area contributed by atoms with Crippen LogP contribution in [0.15, 0.2) is 18.2 Å². The molecule has 19 heavy (non-hydrogen) atoms. The van der Waals surface area contributed by atoms with Gasteiger partial charge in [0, 0.05) is 18.6 Å². The van der Waals surface area contributed by atoms with Crippen LogP contribution in [0.5, 0.6) is 11.5 Å². The number of carboxylic acids is 1. The normalized spacial score (nSPS) is 12.9. The standard InChI is InChI=1S/C14H21NO4/c1-9(2)15(8-7-13(18)19)10(3)14-11(16)5-4-6-12(14)17/h4-6,9-10,16-17H,7-8H2,1-3H3,(H,18,19). The van der Waals surface area contributed by atoms with Crippen molar-refractivity contribution < 1.29 is 20.1 Å². The van der Waals surface area contributed by atoms with Crippen LogP contribution in [0.3, 0.4) is 0 Å². The van der Waals surface area contributed by atoms with Crippen molar-refractivity contribution in [2.24, 2.45) is 0 Å². The van der Waals surface area contributed by atoms with E-state index in [0.29, 0.717) is 12.1 Å². The molecule has 1 unspecified atom stereocenters. The SMILES string of the molecule is CC(C)N(CCC(=O)O)C(C)c1c(O)cccc1O. The third-order valence-corrected chi connectivity index (χ3v) is 3.22. The Morgan fingerprint density at radius 2 is 1.74 bits per heavy atom. The molecule has 0 saturated heterocycles. The maximum Gasteiger partial charge on any atom is 0.304 e. The lowest BCUT2D eigenvalue weighted by Crippen LogP contribution is -2.35. The molecule has 0 saturated carbocycles. The van der Waals surface area contributed by atoms with Crippen LogP contribution in [0.2, 0.25) is 0 Å². The highest BCUT2D eigenvalue weighted by atomic mass is 16.4. The Morgan fingerprint density at radius 1 is 1.21 bits per heavy atom. The molecule has 1 rings (SSSR count). The molecule has 0 aromatic heterocycles. The van der Waals surface area contributed by atoms with Crippen LogP contribution < -0.4 is 0 Å². The number of nitrogens with zero attached hydrogens (tertiary/aromatic N) is 1. The van der Waals surface area contributed by atoms with Crippen molar-refractivity contribution in [1.82, 2.24) is 4.90 Å². The van der Waals surface area contributed by atoms with Gasteiger partial charge in [0.05, 0.1) is 12.0 Å². The first kappa shape index (κ1) is 15.3. The monoisotopic (exact) mass is 267 g/mol. The van der Waals surface area contributed by atoms with Crippen molar-refractivity contribution >= 4 is 5.97 Å². The summed E-state index contributed by atoms with van der Waals surface area (Å²) in [5.41, 5.74) is 0.432. The lowest BCUT2D eigenvalue weighted by atomic mass is 10.0. The highest BCUT2D eigenvalue weighted by molar-refractivity contribution is 5.66. The zero-order valence-electron chi connectivity index (χ0n) is 11.5. The molecule has 0 fully saturated rings. The molecule has 1 aromatic rings. The third kappa shape index (κ3) is 3.86. The maximum atomic E-state index is 10.7. The minimum absolute atomic E-state index is 0.0217. The second-order valence-corrected chi connectivity index (χ2v) is 4.86. The summed E-state index contributed by atoms with van der Waals surface area (Å²) < 4.78 is 0. The van der Waals surface area contributed by atoms with Gasteiger partial charge in [-0.05, 0) is 32.9 Å². The fourth-order valence-corrected chi connectivity index (χ4v) is 2.26. The predicted molar refractivity (Wildman–Crippen MR) is 72.3 cm³/mol. The Bertz CT molecular complexity index is 425. The first-order chi connectivity index (χ1) is 8.84. The van der Waals surface area contributed by atoms with Crippen molar-refractivity contribution in [3.8, 4) is 11.5 Å².